The van der Waals surface area contributed by atoms with Gasteiger partial charge in [-0.1, -0.05) is 0 Å². The fourth-order valence-electron chi connectivity index (χ4n) is 2.01. The van der Waals surface area contributed by atoms with Crippen LogP contribution in [0.4, 0.5) is 8.78 Å². The molecule has 1 heterocycles. The Morgan fingerprint density at radius 3 is 2.88 bits per heavy atom. The topological polar surface area (TPSA) is 29.5 Å². The van der Waals surface area contributed by atoms with E-state index in [1.54, 1.807) is 0 Å². The number of aliphatic hydroxyl groups is 1. The minimum absolute atomic E-state index is 0.0938. The second-order valence-corrected chi connectivity index (χ2v) is 4.29. The highest BCUT2D eigenvalue weighted by Gasteiger charge is 2.31. The number of halogens is 2. The first-order valence-electron chi connectivity index (χ1n) is 5.33. The normalized spacial score (nSPS) is 25.7. The van der Waals surface area contributed by atoms with Gasteiger partial charge in [0.1, 0.15) is 11.6 Å². The summed E-state index contributed by atoms with van der Waals surface area (Å²) in [6.45, 7) is 0.802. The van der Waals surface area contributed by atoms with E-state index in [4.69, 9.17) is 4.74 Å². The van der Waals surface area contributed by atoms with Crippen LogP contribution >= 0.6 is 0 Å². The SMILES string of the molecule is OC1(Cc2cc(F)ccc2F)CCCOC1. The Morgan fingerprint density at radius 2 is 2.19 bits per heavy atom. The van der Waals surface area contributed by atoms with Gasteiger partial charge in [-0.2, -0.15) is 0 Å². The molecule has 2 rings (SSSR count). The molecule has 4 heteroatoms. The van der Waals surface area contributed by atoms with E-state index in [1.165, 1.54) is 0 Å². The van der Waals surface area contributed by atoms with E-state index in [0.29, 0.717) is 13.0 Å². The average Bonchev–Trinajstić information content (AvgIpc) is 2.24. The summed E-state index contributed by atoms with van der Waals surface area (Å²) in [5.74, 6) is -0.975. The molecule has 1 saturated heterocycles. The first-order chi connectivity index (χ1) is 7.59. The van der Waals surface area contributed by atoms with E-state index in [2.05, 4.69) is 0 Å². The van der Waals surface area contributed by atoms with Crippen molar-refractivity contribution in [2.24, 2.45) is 0 Å². The largest absolute Gasteiger partial charge is 0.387 e. The number of rotatable bonds is 2. The van der Waals surface area contributed by atoms with Crippen molar-refractivity contribution in [1.29, 1.82) is 0 Å². The highest BCUT2D eigenvalue weighted by molar-refractivity contribution is 5.20. The summed E-state index contributed by atoms with van der Waals surface area (Å²) in [5.41, 5.74) is -0.861. The number of hydrogen-bond acceptors (Lipinski definition) is 2. The lowest BCUT2D eigenvalue weighted by Crippen LogP contribution is -2.40. The van der Waals surface area contributed by atoms with Gasteiger partial charge in [-0.3, -0.25) is 0 Å². The zero-order chi connectivity index (χ0) is 11.6. The van der Waals surface area contributed by atoms with Gasteiger partial charge in [0.05, 0.1) is 12.2 Å². The van der Waals surface area contributed by atoms with Crippen molar-refractivity contribution in [3.63, 3.8) is 0 Å². The van der Waals surface area contributed by atoms with E-state index in [9.17, 15) is 13.9 Å². The molecular formula is C12H14F2O2. The minimum atomic E-state index is -1.06. The summed E-state index contributed by atoms with van der Waals surface area (Å²) < 4.78 is 31.5. The molecule has 1 aromatic carbocycles. The first-order valence-corrected chi connectivity index (χ1v) is 5.33. The third-order valence-corrected chi connectivity index (χ3v) is 2.83. The Labute approximate surface area is 92.9 Å². The fraction of sp³-hybridized carbons (Fsp3) is 0.500. The minimum Gasteiger partial charge on any atom is -0.387 e. The molecule has 16 heavy (non-hydrogen) atoms. The second kappa shape index (κ2) is 4.47. The summed E-state index contributed by atoms with van der Waals surface area (Å²) in [4.78, 5) is 0. The summed E-state index contributed by atoms with van der Waals surface area (Å²) in [5, 5.41) is 10.1. The summed E-state index contributed by atoms with van der Waals surface area (Å²) in [6, 6.07) is 3.28. The molecule has 1 unspecified atom stereocenters. The fourth-order valence-corrected chi connectivity index (χ4v) is 2.01. The van der Waals surface area contributed by atoms with Gasteiger partial charge >= 0.3 is 0 Å². The third-order valence-electron chi connectivity index (χ3n) is 2.83. The second-order valence-electron chi connectivity index (χ2n) is 4.29. The van der Waals surface area contributed by atoms with E-state index >= 15 is 0 Å². The molecular weight excluding hydrogens is 214 g/mol. The predicted octanol–water partition coefficient (Wildman–Crippen LogP) is 2.05. The maximum atomic E-state index is 13.4. The Bertz CT molecular complexity index is 373. The molecule has 0 amide bonds. The van der Waals surface area contributed by atoms with Crippen LogP contribution in [-0.4, -0.2) is 23.9 Å². The van der Waals surface area contributed by atoms with Crippen LogP contribution in [0.2, 0.25) is 0 Å². The standard InChI is InChI=1S/C12H14F2O2/c13-10-2-3-11(14)9(6-10)7-12(15)4-1-5-16-8-12/h2-3,6,15H,1,4-5,7-8H2. The van der Waals surface area contributed by atoms with Crippen molar-refractivity contribution in [1.82, 2.24) is 0 Å². The quantitative estimate of drug-likeness (QED) is 0.839. The van der Waals surface area contributed by atoms with Crippen LogP contribution in [0.25, 0.3) is 0 Å². The molecule has 1 atom stereocenters. The third kappa shape index (κ3) is 2.57. The smallest absolute Gasteiger partial charge is 0.126 e. The maximum absolute atomic E-state index is 13.4. The molecule has 0 saturated carbocycles. The summed E-state index contributed by atoms with van der Waals surface area (Å²) in [6.07, 6.45) is 1.40. The Morgan fingerprint density at radius 1 is 1.38 bits per heavy atom. The molecule has 1 N–H and O–H groups in total. The van der Waals surface area contributed by atoms with E-state index in [1.807, 2.05) is 0 Å². The highest BCUT2D eigenvalue weighted by atomic mass is 19.1. The number of benzene rings is 1. The first kappa shape index (κ1) is 11.5. The Balaban J connectivity index is 2.15. The van der Waals surface area contributed by atoms with Crippen LogP contribution in [0.15, 0.2) is 18.2 Å². The lowest BCUT2D eigenvalue weighted by atomic mass is 9.89. The lowest BCUT2D eigenvalue weighted by Gasteiger charge is -2.32. The van der Waals surface area contributed by atoms with E-state index < -0.39 is 17.2 Å². The summed E-state index contributed by atoms with van der Waals surface area (Å²) in [7, 11) is 0. The van der Waals surface area contributed by atoms with Gasteiger partial charge in [0.15, 0.2) is 0 Å². The van der Waals surface area contributed by atoms with Crippen LogP contribution in [0.1, 0.15) is 18.4 Å². The molecule has 1 aliphatic rings. The van der Waals surface area contributed by atoms with Gasteiger partial charge in [-0.05, 0) is 36.6 Å². The molecule has 0 bridgehead atoms. The van der Waals surface area contributed by atoms with Crippen molar-refractivity contribution >= 4 is 0 Å². The van der Waals surface area contributed by atoms with Crippen molar-refractivity contribution in [3.8, 4) is 0 Å². The molecule has 0 radical (unpaired) electrons. The van der Waals surface area contributed by atoms with E-state index in [0.717, 1.165) is 24.6 Å². The maximum Gasteiger partial charge on any atom is 0.126 e. The number of ether oxygens (including phenoxy) is 1. The van der Waals surface area contributed by atoms with Crippen molar-refractivity contribution in [2.45, 2.75) is 24.9 Å². The van der Waals surface area contributed by atoms with Gasteiger partial charge in [-0.25, -0.2) is 8.78 Å². The van der Waals surface area contributed by atoms with Crippen molar-refractivity contribution in [3.05, 3.63) is 35.4 Å². The zero-order valence-corrected chi connectivity index (χ0v) is 8.88. The molecule has 1 aromatic rings. The van der Waals surface area contributed by atoms with Gasteiger partial charge in [0, 0.05) is 13.0 Å². The molecule has 0 spiro atoms. The van der Waals surface area contributed by atoms with Gasteiger partial charge in [0.25, 0.3) is 0 Å². The van der Waals surface area contributed by atoms with Gasteiger partial charge < -0.3 is 9.84 Å². The van der Waals surface area contributed by atoms with Crippen molar-refractivity contribution < 1.29 is 18.6 Å². The molecule has 2 nitrogen and oxygen atoms in total. The van der Waals surface area contributed by atoms with Gasteiger partial charge in [0.2, 0.25) is 0 Å². The van der Waals surface area contributed by atoms with Crippen LogP contribution < -0.4 is 0 Å². The molecule has 1 aliphatic heterocycles. The van der Waals surface area contributed by atoms with Crippen LogP contribution in [-0.2, 0) is 11.2 Å². The predicted molar refractivity (Wildman–Crippen MR) is 55.1 cm³/mol. The Hall–Kier alpha value is -1.00. The number of hydrogen-bond donors (Lipinski definition) is 1. The monoisotopic (exact) mass is 228 g/mol. The molecule has 0 aliphatic carbocycles. The average molecular weight is 228 g/mol. The van der Waals surface area contributed by atoms with Crippen LogP contribution in [0.5, 0.6) is 0 Å². The van der Waals surface area contributed by atoms with Gasteiger partial charge in [-0.15, -0.1) is 0 Å². The van der Waals surface area contributed by atoms with Crippen LogP contribution in [0, 0.1) is 11.6 Å². The Kier molecular flexibility index (Phi) is 3.21. The molecule has 88 valence electrons. The molecule has 0 aromatic heterocycles. The lowest BCUT2D eigenvalue weighted by molar-refractivity contribution is -0.0848. The van der Waals surface area contributed by atoms with Crippen molar-refractivity contribution in [2.75, 3.05) is 13.2 Å². The van der Waals surface area contributed by atoms with E-state index in [-0.39, 0.29) is 18.6 Å². The van der Waals surface area contributed by atoms with Crippen LogP contribution in [0.3, 0.4) is 0 Å². The molecule has 1 fully saturated rings. The zero-order valence-electron chi connectivity index (χ0n) is 8.88. The summed E-state index contributed by atoms with van der Waals surface area (Å²) >= 11 is 0. The highest BCUT2D eigenvalue weighted by Crippen LogP contribution is 2.25.